The van der Waals surface area contributed by atoms with Crippen LogP contribution in [0.3, 0.4) is 0 Å². The lowest BCUT2D eigenvalue weighted by molar-refractivity contribution is -0.131. The van der Waals surface area contributed by atoms with Crippen molar-refractivity contribution in [3.63, 3.8) is 0 Å². The molecular weight excluding hydrogens is 322 g/mol. The highest BCUT2D eigenvalue weighted by atomic mass is 32.1. The zero-order chi connectivity index (χ0) is 16.9. The number of piperidine rings is 1. The molecule has 1 fully saturated rings. The molecule has 2 aromatic rings. The fraction of sp³-hybridized carbons (Fsp3) is 0.389. The van der Waals surface area contributed by atoms with Gasteiger partial charge in [-0.05, 0) is 48.4 Å². The number of hydrogen-bond donors (Lipinski definition) is 1. The second-order valence-electron chi connectivity index (χ2n) is 6.12. The number of carbonyl (C=O) groups excluding carboxylic acids is 2. The summed E-state index contributed by atoms with van der Waals surface area (Å²) in [7, 11) is 0. The van der Waals surface area contributed by atoms with Gasteiger partial charge in [-0.3, -0.25) is 14.6 Å². The zero-order valence-electron chi connectivity index (χ0n) is 13.7. The first-order chi connectivity index (χ1) is 11.6. The molecule has 0 radical (unpaired) electrons. The first-order valence-corrected chi connectivity index (χ1v) is 9.08. The van der Waals surface area contributed by atoms with E-state index in [1.54, 1.807) is 12.4 Å². The Morgan fingerprint density at radius 3 is 2.79 bits per heavy atom. The van der Waals surface area contributed by atoms with Gasteiger partial charge in [0.15, 0.2) is 0 Å². The van der Waals surface area contributed by atoms with Crippen molar-refractivity contribution in [2.24, 2.45) is 0 Å². The molecule has 24 heavy (non-hydrogen) atoms. The number of amides is 2. The molecule has 0 bridgehead atoms. The molecule has 1 aliphatic heterocycles. The van der Waals surface area contributed by atoms with Crippen molar-refractivity contribution >= 4 is 23.2 Å². The van der Waals surface area contributed by atoms with Crippen LogP contribution < -0.4 is 5.32 Å². The number of nitrogens with one attached hydrogen (secondary N) is 1. The van der Waals surface area contributed by atoms with Crippen molar-refractivity contribution in [1.29, 1.82) is 0 Å². The molecule has 0 aliphatic carbocycles. The van der Waals surface area contributed by atoms with Crippen LogP contribution in [0.1, 0.15) is 34.3 Å². The van der Waals surface area contributed by atoms with Crippen molar-refractivity contribution < 1.29 is 9.59 Å². The molecule has 6 heteroatoms. The minimum atomic E-state index is -0.0200. The van der Waals surface area contributed by atoms with Crippen LogP contribution >= 0.6 is 11.3 Å². The quantitative estimate of drug-likeness (QED) is 0.927. The number of nitrogens with zero attached hydrogens (tertiary/aromatic N) is 2. The van der Waals surface area contributed by atoms with Gasteiger partial charge in [0.25, 0.3) is 5.91 Å². The van der Waals surface area contributed by atoms with Crippen LogP contribution in [0.4, 0.5) is 0 Å². The van der Waals surface area contributed by atoms with E-state index < -0.39 is 0 Å². The van der Waals surface area contributed by atoms with Crippen LogP contribution in [-0.2, 0) is 11.2 Å². The number of thiophene rings is 1. The van der Waals surface area contributed by atoms with Gasteiger partial charge < -0.3 is 10.2 Å². The first-order valence-electron chi connectivity index (χ1n) is 8.14. The Kier molecular flexibility index (Phi) is 5.25. The molecule has 2 aromatic heterocycles. The van der Waals surface area contributed by atoms with E-state index in [9.17, 15) is 9.59 Å². The Balaban J connectivity index is 1.49. The number of rotatable bonds is 4. The predicted molar refractivity (Wildman–Crippen MR) is 94.1 cm³/mol. The molecule has 5 nitrogen and oxygen atoms in total. The summed E-state index contributed by atoms with van der Waals surface area (Å²) in [6, 6.07) is 3.88. The lowest BCUT2D eigenvalue weighted by Crippen LogP contribution is -2.46. The highest BCUT2D eigenvalue weighted by Crippen LogP contribution is 2.15. The Hall–Kier alpha value is -2.21. The van der Waals surface area contributed by atoms with Gasteiger partial charge in [0.05, 0.1) is 6.42 Å². The number of likely N-dealkylation sites (tertiary alicyclic amines) is 1. The first kappa shape index (κ1) is 16.6. The van der Waals surface area contributed by atoms with E-state index in [0.717, 1.165) is 24.0 Å². The molecular formula is C18H21N3O2S. The molecule has 3 heterocycles. The molecule has 3 rings (SSSR count). The third kappa shape index (κ3) is 4.00. The van der Waals surface area contributed by atoms with Gasteiger partial charge in [0.2, 0.25) is 5.91 Å². The lowest BCUT2D eigenvalue weighted by atomic mass is 10.0. The predicted octanol–water partition coefficient (Wildman–Crippen LogP) is 2.42. The van der Waals surface area contributed by atoms with Gasteiger partial charge in [-0.15, -0.1) is 0 Å². The molecule has 2 amide bonds. The highest BCUT2D eigenvalue weighted by Gasteiger charge is 2.24. The SMILES string of the molecule is Cc1cnccc1CC(=O)N1CCC(NC(=O)c2ccsc2)CC1. The van der Waals surface area contributed by atoms with E-state index in [1.165, 1.54) is 11.3 Å². The average molecular weight is 343 g/mol. The lowest BCUT2D eigenvalue weighted by Gasteiger charge is -2.32. The minimum absolute atomic E-state index is 0.0200. The van der Waals surface area contributed by atoms with Gasteiger partial charge in [0.1, 0.15) is 0 Å². The number of aromatic nitrogens is 1. The van der Waals surface area contributed by atoms with Crippen molar-refractivity contribution in [3.8, 4) is 0 Å². The maximum Gasteiger partial charge on any atom is 0.252 e. The summed E-state index contributed by atoms with van der Waals surface area (Å²) >= 11 is 1.52. The number of hydrogen-bond acceptors (Lipinski definition) is 4. The van der Waals surface area contributed by atoms with E-state index in [-0.39, 0.29) is 17.9 Å². The summed E-state index contributed by atoms with van der Waals surface area (Å²) < 4.78 is 0. The van der Waals surface area contributed by atoms with Crippen LogP contribution in [-0.4, -0.2) is 40.8 Å². The van der Waals surface area contributed by atoms with Gasteiger partial charge in [-0.2, -0.15) is 11.3 Å². The number of aryl methyl sites for hydroxylation is 1. The van der Waals surface area contributed by atoms with E-state index in [0.29, 0.717) is 25.1 Å². The van der Waals surface area contributed by atoms with E-state index in [2.05, 4.69) is 10.3 Å². The Morgan fingerprint density at radius 2 is 2.12 bits per heavy atom. The van der Waals surface area contributed by atoms with Crippen molar-refractivity contribution in [3.05, 3.63) is 52.0 Å². The van der Waals surface area contributed by atoms with Gasteiger partial charge in [-0.25, -0.2) is 0 Å². The molecule has 0 spiro atoms. The molecule has 1 aliphatic rings. The molecule has 0 saturated carbocycles. The smallest absolute Gasteiger partial charge is 0.252 e. The summed E-state index contributed by atoms with van der Waals surface area (Å²) in [5, 5.41) is 6.81. The summed E-state index contributed by atoms with van der Waals surface area (Å²) in [6.07, 6.45) is 5.53. The van der Waals surface area contributed by atoms with Gasteiger partial charge in [-0.1, -0.05) is 0 Å². The minimum Gasteiger partial charge on any atom is -0.349 e. The summed E-state index contributed by atoms with van der Waals surface area (Å²) in [4.78, 5) is 30.5. The number of pyridine rings is 1. The van der Waals surface area contributed by atoms with E-state index in [4.69, 9.17) is 0 Å². The van der Waals surface area contributed by atoms with E-state index in [1.807, 2.05) is 34.7 Å². The fourth-order valence-electron chi connectivity index (χ4n) is 2.91. The molecule has 0 aromatic carbocycles. The van der Waals surface area contributed by atoms with Crippen LogP contribution in [0.25, 0.3) is 0 Å². The van der Waals surface area contributed by atoms with Crippen molar-refractivity contribution in [2.45, 2.75) is 32.2 Å². The maximum atomic E-state index is 12.5. The Labute approximate surface area is 145 Å². The monoisotopic (exact) mass is 343 g/mol. The van der Waals surface area contributed by atoms with Crippen LogP contribution in [0.15, 0.2) is 35.3 Å². The Bertz CT molecular complexity index is 707. The largest absolute Gasteiger partial charge is 0.349 e. The maximum absolute atomic E-state index is 12.5. The van der Waals surface area contributed by atoms with Crippen LogP contribution in [0.5, 0.6) is 0 Å². The van der Waals surface area contributed by atoms with Crippen molar-refractivity contribution in [1.82, 2.24) is 15.2 Å². The summed E-state index contributed by atoms with van der Waals surface area (Å²) in [5.41, 5.74) is 2.79. The molecule has 0 atom stereocenters. The highest BCUT2D eigenvalue weighted by molar-refractivity contribution is 7.08. The molecule has 126 valence electrons. The van der Waals surface area contributed by atoms with Crippen LogP contribution in [0, 0.1) is 6.92 Å². The van der Waals surface area contributed by atoms with Crippen molar-refractivity contribution in [2.75, 3.05) is 13.1 Å². The Morgan fingerprint density at radius 1 is 1.33 bits per heavy atom. The third-order valence-electron chi connectivity index (χ3n) is 4.44. The van der Waals surface area contributed by atoms with Crippen LogP contribution in [0.2, 0.25) is 0 Å². The second-order valence-corrected chi connectivity index (χ2v) is 6.90. The number of carbonyl (C=O) groups is 2. The van der Waals surface area contributed by atoms with Gasteiger partial charge in [0, 0.05) is 42.5 Å². The molecule has 0 unspecified atom stereocenters. The second kappa shape index (κ2) is 7.57. The van der Waals surface area contributed by atoms with E-state index >= 15 is 0 Å². The zero-order valence-corrected chi connectivity index (χ0v) is 14.5. The standard InChI is InChI=1S/C18H21N3O2S/c1-13-11-19-6-2-14(13)10-17(22)21-7-3-16(4-8-21)20-18(23)15-5-9-24-12-15/h2,5-6,9,11-12,16H,3-4,7-8,10H2,1H3,(H,20,23). The summed E-state index contributed by atoms with van der Waals surface area (Å²) in [6.45, 7) is 3.36. The topological polar surface area (TPSA) is 62.3 Å². The summed E-state index contributed by atoms with van der Waals surface area (Å²) in [5.74, 6) is 0.125. The average Bonchev–Trinajstić information content (AvgIpc) is 3.12. The molecule has 1 N–H and O–H groups in total. The normalized spacial score (nSPS) is 15.3. The fourth-order valence-corrected chi connectivity index (χ4v) is 3.55. The third-order valence-corrected chi connectivity index (χ3v) is 5.13. The molecule has 1 saturated heterocycles. The van der Waals surface area contributed by atoms with Gasteiger partial charge >= 0.3 is 0 Å².